The minimum Gasteiger partial charge on any atom is -0.365 e. The summed E-state index contributed by atoms with van der Waals surface area (Å²) in [5, 5.41) is 9.51. The number of benzene rings is 1. The highest BCUT2D eigenvalue weighted by Crippen LogP contribution is 2.38. The van der Waals surface area contributed by atoms with Gasteiger partial charge >= 0.3 is 0 Å². The lowest BCUT2D eigenvalue weighted by Crippen LogP contribution is -2.61. The number of rotatable bonds is 6. The fourth-order valence-electron chi connectivity index (χ4n) is 5.14. The molecule has 3 N–H and O–H groups in total. The summed E-state index contributed by atoms with van der Waals surface area (Å²) in [4.78, 5) is 10.8. The predicted octanol–water partition coefficient (Wildman–Crippen LogP) is 3.67. The molecule has 0 aliphatic carbocycles. The number of piperazine rings is 1. The van der Waals surface area contributed by atoms with Gasteiger partial charge in [-0.25, -0.2) is 17.8 Å². The Balaban J connectivity index is 1.50. The van der Waals surface area contributed by atoms with Crippen LogP contribution < -0.4 is 16.0 Å². The lowest BCUT2D eigenvalue weighted by Gasteiger charge is -2.53. The van der Waals surface area contributed by atoms with Crippen molar-refractivity contribution in [1.82, 2.24) is 24.5 Å². The van der Waals surface area contributed by atoms with Crippen molar-refractivity contribution in [3.05, 3.63) is 35.2 Å². The third-order valence-electron chi connectivity index (χ3n) is 7.27. The number of nitrogens with one attached hydrogen (secondary N) is 3. The van der Waals surface area contributed by atoms with E-state index in [4.69, 9.17) is 11.6 Å². The summed E-state index contributed by atoms with van der Waals surface area (Å²) in [5.41, 5.74) is 0.375. The summed E-state index contributed by atoms with van der Waals surface area (Å²) in [6.45, 7) is 10.7. The zero-order chi connectivity index (χ0) is 26.3. The molecular weight excluding hydrogens is 505 g/mol. The minimum absolute atomic E-state index is 0.0346. The number of nitrogens with zero attached hydrogens (tertiary/aromatic N) is 4. The first kappa shape index (κ1) is 27.0. The number of sulfonamides is 1. The maximum atomic E-state index is 14.6. The normalized spacial score (nSPS) is 21.3. The molecule has 0 unspecified atom stereocenters. The summed E-state index contributed by atoms with van der Waals surface area (Å²) in [6, 6.07) is 4.61. The van der Waals surface area contributed by atoms with Gasteiger partial charge < -0.3 is 16.0 Å². The first-order chi connectivity index (χ1) is 16.8. The van der Waals surface area contributed by atoms with Crippen LogP contribution in [0, 0.1) is 5.82 Å². The number of piperidine rings is 1. The third-order valence-corrected chi connectivity index (χ3v) is 9.66. The molecule has 0 amide bonds. The molecule has 9 nitrogen and oxygen atoms in total. The molecule has 2 fully saturated rings. The summed E-state index contributed by atoms with van der Waals surface area (Å²) in [7, 11) is -1.57. The standard InChI is InChI=1S/C24H35ClFN7O2S/c1-23(2)13-17(14-24(3,4)32(23)5)29-21-19(26)15-28-22(31-21)30-16-6-7-20(18(25)12-16)36(34,35)33-10-8-27-9-11-33/h6-7,12,15,17,27H,8-11,13-14H2,1-5H3,(H2,28,29,30,31). The molecule has 198 valence electrons. The van der Waals surface area contributed by atoms with Crippen molar-refractivity contribution in [3.8, 4) is 0 Å². The average molecular weight is 540 g/mol. The summed E-state index contributed by atoms with van der Waals surface area (Å²) in [5.74, 6) is -0.234. The Kier molecular flexibility index (Phi) is 7.51. The molecule has 0 atom stereocenters. The Hall–Kier alpha value is -2.05. The highest BCUT2D eigenvalue weighted by Gasteiger charge is 2.43. The van der Waals surface area contributed by atoms with Crippen LogP contribution in [0.5, 0.6) is 0 Å². The SMILES string of the molecule is CN1C(C)(C)CC(Nc2nc(Nc3ccc(S(=O)(=O)N4CCNCC4)c(Cl)c3)ncc2F)CC1(C)C. The van der Waals surface area contributed by atoms with Gasteiger partial charge in [-0.05, 0) is 65.8 Å². The van der Waals surface area contributed by atoms with Crippen LogP contribution in [0.15, 0.2) is 29.3 Å². The van der Waals surface area contributed by atoms with Gasteiger partial charge in [0.2, 0.25) is 16.0 Å². The van der Waals surface area contributed by atoms with Crippen molar-refractivity contribution in [2.75, 3.05) is 43.9 Å². The molecule has 12 heteroatoms. The summed E-state index contributed by atoms with van der Waals surface area (Å²) >= 11 is 6.37. The maximum Gasteiger partial charge on any atom is 0.244 e. The molecule has 0 spiro atoms. The highest BCUT2D eigenvalue weighted by molar-refractivity contribution is 7.89. The van der Waals surface area contributed by atoms with Crippen LogP contribution in [-0.2, 0) is 10.0 Å². The van der Waals surface area contributed by atoms with Gasteiger partial charge in [0.15, 0.2) is 11.6 Å². The van der Waals surface area contributed by atoms with E-state index >= 15 is 0 Å². The zero-order valence-corrected chi connectivity index (χ0v) is 23.0. The second-order valence-corrected chi connectivity index (χ2v) is 13.1. The molecule has 1 aromatic carbocycles. The van der Waals surface area contributed by atoms with Gasteiger partial charge in [-0.2, -0.15) is 9.29 Å². The van der Waals surface area contributed by atoms with Gasteiger partial charge in [0.1, 0.15) is 4.90 Å². The van der Waals surface area contributed by atoms with E-state index < -0.39 is 15.8 Å². The molecule has 36 heavy (non-hydrogen) atoms. The first-order valence-electron chi connectivity index (χ1n) is 12.1. The van der Waals surface area contributed by atoms with Crippen molar-refractivity contribution >= 4 is 39.1 Å². The highest BCUT2D eigenvalue weighted by atomic mass is 35.5. The third kappa shape index (κ3) is 5.60. The maximum absolute atomic E-state index is 14.6. The molecule has 2 aliphatic rings. The minimum atomic E-state index is -3.69. The van der Waals surface area contributed by atoms with Gasteiger partial charge in [-0.3, -0.25) is 4.90 Å². The van der Waals surface area contributed by atoms with E-state index in [1.165, 1.54) is 16.4 Å². The lowest BCUT2D eigenvalue weighted by atomic mass is 9.77. The van der Waals surface area contributed by atoms with Crippen molar-refractivity contribution in [2.45, 2.75) is 62.6 Å². The Labute approximate surface area is 217 Å². The Morgan fingerprint density at radius 2 is 1.78 bits per heavy atom. The van der Waals surface area contributed by atoms with Crippen LogP contribution in [0.25, 0.3) is 0 Å². The average Bonchev–Trinajstić information content (AvgIpc) is 2.80. The smallest absolute Gasteiger partial charge is 0.244 e. The second-order valence-electron chi connectivity index (χ2n) is 10.7. The van der Waals surface area contributed by atoms with Crippen molar-refractivity contribution in [1.29, 1.82) is 0 Å². The fourth-order valence-corrected chi connectivity index (χ4v) is 7.10. The molecule has 2 aliphatic heterocycles. The van der Waals surface area contributed by atoms with E-state index in [2.05, 4.69) is 65.6 Å². The van der Waals surface area contributed by atoms with Crippen LogP contribution in [0.1, 0.15) is 40.5 Å². The summed E-state index contributed by atoms with van der Waals surface area (Å²) < 4.78 is 42.0. The molecule has 0 bridgehead atoms. The lowest BCUT2D eigenvalue weighted by molar-refractivity contribution is -0.00778. The quantitative estimate of drug-likeness (QED) is 0.511. The molecular formula is C24H35ClFN7O2S. The van der Waals surface area contributed by atoms with E-state index in [9.17, 15) is 12.8 Å². The van der Waals surface area contributed by atoms with Gasteiger partial charge in [-0.15, -0.1) is 0 Å². The molecule has 3 heterocycles. The monoisotopic (exact) mass is 539 g/mol. The topological polar surface area (TPSA) is 102 Å². The first-order valence-corrected chi connectivity index (χ1v) is 13.9. The number of anilines is 3. The number of hydrogen-bond donors (Lipinski definition) is 3. The van der Waals surface area contributed by atoms with Crippen LogP contribution in [0.4, 0.5) is 21.8 Å². The van der Waals surface area contributed by atoms with Crippen molar-refractivity contribution in [3.63, 3.8) is 0 Å². The number of likely N-dealkylation sites (tertiary alicyclic amines) is 1. The largest absolute Gasteiger partial charge is 0.365 e. The zero-order valence-electron chi connectivity index (χ0n) is 21.4. The fraction of sp³-hybridized carbons (Fsp3) is 0.583. The van der Waals surface area contributed by atoms with Gasteiger partial charge in [0.05, 0.1) is 11.2 Å². The number of halogens is 2. The number of hydrogen-bond acceptors (Lipinski definition) is 8. The molecule has 4 rings (SSSR count). The van der Waals surface area contributed by atoms with Crippen LogP contribution >= 0.6 is 11.6 Å². The molecule has 2 saturated heterocycles. The molecule has 0 radical (unpaired) electrons. The molecule has 0 saturated carbocycles. The molecule has 2 aromatic rings. The van der Waals surface area contributed by atoms with Crippen LogP contribution in [-0.4, -0.2) is 77.9 Å². The molecule has 1 aromatic heterocycles. The number of aromatic nitrogens is 2. The second kappa shape index (κ2) is 10.0. The van der Waals surface area contributed by atoms with E-state index in [-0.39, 0.29) is 38.8 Å². The van der Waals surface area contributed by atoms with E-state index in [0.29, 0.717) is 31.9 Å². The van der Waals surface area contributed by atoms with Crippen molar-refractivity contribution < 1.29 is 12.8 Å². The van der Waals surface area contributed by atoms with E-state index in [0.717, 1.165) is 19.0 Å². The van der Waals surface area contributed by atoms with Crippen molar-refractivity contribution in [2.24, 2.45) is 0 Å². The Morgan fingerprint density at radius 3 is 2.39 bits per heavy atom. The van der Waals surface area contributed by atoms with Crippen LogP contribution in [0.2, 0.25) is 5.02 Å². The Morgan fingerprint density at radius 1 is 1.14 bits per heavy atom. The van der Waals surface area contributed by atoms with Gasteiger partial charge in [0.25, 0.3) is 0 Å². The van der Waals surface area contributed by atoms with E-state index in [1.807, 2.05) is 0 Å². The van der Waals surface area contributed by atoms with Gasteiger partial charge in [-0.1, -0.05) is 11.6 Å². The summed E-state index contributed by atoms with van der Waals surface area (Å²) in [6.07, 6.45) is 2.78. The Bertz CT molecular complexity index is 1200. The predicted molar refractivity (Wildman–Crippen MR) is 141 cm³/mol. The van der Waals surface area contributed by atoms with Gasteiger partial charge in [0, 0.05) is 49.0 Å². The van der Waals surface area contributed by atoms with Crippen LogP contribution in [0.3, 0.4) is 0 Å². The van der Waals surface area contributed by atoms with E-state index in [1.54, 1.807) is 6.07 Å².